The van der Waals surface area contributed by atoms with Gasteiger partial charge < -0.3 is 19.3 Å². The molecule has 9 nitrogen and oxygen atoms in total. The lowest BCUT2D eigenvalue weighted by molar-refractivity contribution is -0.159. The lowest BCUT2D eigenvalue weighted by Gasteiger charge is -2.36. The summed E-state index contributed by atoms with van der Waals surface area (Å²) in [5, 5.41) is 6.04. The summed E-state index contributed by atoms with van der Waals surface area (Å²) in [5.41, 5.74) is -0.115. The summed E-state index contributed by atoms with van der Waals surface area (Å²) in [5.74, 6) is -2.11. The molecule has 32 heavy (non-hydrogen) atoms. The van der Waals surface area contributed by atoms with Crippen LogP contribution in [0.4, 0.5) is 18.0 Å². The molecule has 2 aromatic rings. The number of halogens is 3. The number of carbonyl (C=O) groups is 2. The van der Waals surface area contributed by atoms with Crippen LogP contribution in [0, 0.1) is 0 Å². The molecule has 0 spiro atoms. The number of morpholine rings is 1. The number of rotatable bonds is 4. The Morgan fingerprint density at radius 1 is 1.22 bits per heavy atom. The third-order valence-electron chi connectivity index (χ3n) is 4.43. The zero-order chi connectivity index (χ0) is 23.5. The van der Waals surface area contributed by atoms with Gasteiger partial charge in [-0.1, -0.05) is 17.3 Å². The van der Waals surface area contributed by atoms with Gasteiger partial charge in [0.15, 0.2) is 0 Å². The van der Waals surface area contributed by atoms with Gasteiger partial charge in [-0.05, 0) is 32.9 Å². The van der Waals surface area contributed by atoms with Crippen molar-refractivity contribution in [3.63, 3.8) is 0 Å². The molecular weight excluding hydrogens is 433 g/mol. The molecule has 1 atom stereocenters. The van der Waals surface area contributed by atoms with Gasteiger partial charge in [0.05, 0.1) is 19.3 Å². The molecule has 3 rings (SSSR count). The smallest absolute Gasteiger partial charge is 0.444 e. The minimum atomic E-state index is -4.74. The van der Waals surface area contributed by atoms with Crippen molar-refractivity contribution in [3.05, 3.63) is 35.7 Å². The van der Waals surface area contributed by atoms with Gasteiger partial charge >= 0.3 is 18.2 Å². The maximum atomic E-state index is 12.6. The van der Waals surface area contributed by atoms with Gasteiger partial charge in [0, 0.05) is 24.2 Å². The van der Waals surface area contributed by atoms with Crippen LogP contribution >= 0.6 is 0 Å². The standard InChI is InChI=1S/C20H23F3N4O5/c1-19(2,3)31-18(29)27-8-9-30-11-14(27)10-24-16(28)13-6-4-12(5-7-13)15-25-17(32-26-15)20(21,22)23/h4-7,14H,8-11H2,1-3H3,(H,24,28)/t14-/m1/s1. The fourth-order valence-corrected chi connectivity index (χ4v) is 2.92. The Labute approximate surface area is 181 Å². The Hall–Kier alpha value is -3.15. The van der Waals surface area contributed by atoms with E-state index in [4.69, 9.17) is 9.47 Å². The van der Waals surface area contributed by atoms with E-state index in [1.165, 1.54) is 29.2 Å². The summed E-state index contributed by atoms with van der Waals surface area (Å²) < 4.78 is 52.8. The van der Waals surface area contributed by atoms with Crippen molar-refractivity contribution in [3.8, 4) is 11.4 Å². The lowest BCUT2D eigenvalue weighted by atomic mass is 10.1. The van der Waals surface area contributed by atoms with Gasteiger partial charge in [0.2, 0.25) is 5.82 Å². The normalized spacial score (nSPS) is 17.2. The van der Waals surface area contributed by atoms with E-state index in [0.29, 0.717) is 13.2 Å². The first kappa shape index (κ1) is 23.5. The molecule has 1 aliphatic rings. The van der Waals surface area contributed by atoms with Gasteiger partial charge in [-0.25, -0.2) is 4.79 Å². The van der Waals surface area contributed by atoms with Gasteiger partial charge in [-0.15, -0.1) is 0 Å². The molecular formula is C20H23F3N4O5. The Kier molecular flexibility index (Phi) is 6.72. The molecule has 12 heteroatoms. The number of hydrogen-bond donors (Lipinski definition) is 1. The monoisotopic (exact) mass is 456 g/mol. The second-order valence-electron chi connectivity index (χ2n) is 8.11. The average molecular weight is 456 g/mol. The van der Waals surface area contributed by atoms with Crippen LogP contribution in [0.1, 0.15) is 37.0 Å². The lowest BCUT2D eigenvalue weighted by Crippen LogP contribution is -2.54. The van der Waals surface area contributed by atoms with E-state index in [1.807, 2.05) is 0 Å². The second kappa shape index (κ2) is 9.15. The zero-order valence-electron chi connectivity index (χ0n) is 17.7. The molecule has 0 unspecified atom stereocenters. The van der Waals surface area contributed by atoms with E-state index in [9.17, 15) is 22.8 Å². The molecule has 1 N–H and O–H groups in total. The number of benzene rings is 1. The van der Waals surface area contributed by atoms with Crippen molar-refractivity contribution in [2.24, 2.45) is 0 Å². The van der Waals surface area contributed by atoms with E-state index in [0.717, 1.165) is 0 Å². The molecule has 2 amide bonds. The summed E-state index contributed by atoms with van der Waals surface area (Å²) >= 11 is 0. The Bertz CT molecular complexity index is 953. The highest BCUT2D eigenvalue weighted by molar-refractivity contribution is 5.94. The molecule has 1 aromatic heterocycles. The predicted octanol–water partition coefficient (Wildman–Crippen LogP) is 3.12. The van der Waals surface area contributed by atoms with Gasteiger partial charge in [0.25, 0.3) is 5.91 Å². The Morgan fingerprint density at radius 3 is 2.50 bits per heavy atom. The average Bonchev–Trinajstić information content (AvgIpc) is 3.22. The SMILES string of the molecule is CC(C)(C)OC(=O)N1CCOC[C@H]1CNC(=O)c1ccc(-c2noc(C(F)(F)F)n2)cc1. The largest absolute Gasteiger partial charge is 0.471 e. The topological polar surface area (TPSA) is 107 Å². The highest BCUT2D eigenvalue weighted by Gasteiger charge is 2.38. The number of carbonyl (C=O) groups excluding carboxylic acids is 2. The number of alkyl halides is 3. The molecule has 0 bridgehead atoms. The van der Waals surface area contributed by atoms with Crippen LogP contribution in [-0.4, -0.2) is 65.0 Å². The molecule has 1 aromatic carbocycles. The van der Waals surface area contributed by atoms with Gasteiger partial charge in [-0.2, -0.15) is 18.2 Å². The molecule has 1 saturated heterocycles. The van der Waals surface area contributed by atoms with Crippen molar-refractivity contribution < 1.29 is 36.8 Å². The minimum absolute atomic E-state index is 0.139. The summed E-state index contributed by atoms with van der Waals surface area (Å²) in [6.45, 7) is 6.41. The molecule has 2 heterocycles. The first-order valence-corrected chi connectivity index (χ1v) is 9.81. The minimum Gasteiger partial charge on any atom is -0.444 e. The maximum absolute atomic E-state index is 12.6. The third kappa shape index (κ3) is 5.96. The van der Waals surface area contributed by atoms with Crippen molar-refractivity contribution in [1.29, 1.82) is 0 Å². The fraction of sp³-hybridized carbons (Fsp3) is 0.500. The quantitative estimate of drug-likeness (QED) is 0.753. The second-order valence-corrected chi connectivity index (χ2v) is 8.11. The number of amides is 2. The van der Waals surface area contributed by atoms with Gasteiger partial charge in [-0.3, -0.25) is 9.69 Å². The summed E-state index contributed by atoms with van der Waals surface area (Å²) in [7, 11) is 0. The van der Waals surface area contributed by atoms with Crippen LogP contribution in [-0.2, 0) is 15.7 Å². The van der Waals surface area contributed by atoms with Crippen LogP contribution < -0.4 is 5.32 Å². The van der Waals surface area contributed by atoms with Crippen LogP contribution in [0.2, 0.25) is 0 Å². The first-order chi connectivity index (χ1) is 14.9. The third-order valence-corrected chi connectivity index (χ3v) is 4.43. The number of aromatic nitrogens is 2. The highest BCUT2D eigenvalue weighted by atomic mass is 19.4. The Morgan fingerprint density at radius 2 is 1.91 bits per heavy atom. The van der Waals surface area contributed by atoms with Crippen LogP contribution in [0.15, 0.2) is 28.8 Å². The van der Waals surface area contributed by atoms with Crippen LogP contribution in [0.25, 0.3) is 11.4 Å². The predicted molar refractivity (Wildman–Crippen MR) is 105 cm³/mol. The molecule has 0 radical (unpaired) electrons. The maximum Gasteiger partial charge on any atom is 0.471 e. The van der Waals surface area contributed by atoms with E-state index in [2.05, 4.69) is 20.0 Å². The number of nitrogens with zero attached hydrogens (tertiary/aromatic N) is 3. The van der Waals surface area contributed by atoms with Gasteiger partial charge in [0.1, 0.15) is 5.60 Å². The highest BCUT2D eigenvalue weighted by Crippen LogP contribution is 2.29. The zero-order valence-corrected chi connectivity index (χ0v) is 17.7. The van der Waals surface area contributed by atoms with Crippen molar-refractivity contribution >= 4 is 12.0 Å². The molecule has 1 fully saturated rings. The molecule has 0 aliphatic carbocycles. The van der Waals surface area contributed by atoms with E-state index >= 15 is 0 Å². The molecule has 1 aliphatic heterocycles. The van der Waals surface area contributed by atoms with E-state index < -0.39 is 35.7 Å². The number of hydrogen-bond acceptors (Lipinski definition) is 7. The van der Waals surface area contributed by atoms with Crippen molar-refractivity contribution in [2.75, 3.05) is 26.3 Å². The van der Waals surface area contributed by atoms with Crippen molar-refractivity contribution in [1.82, 2.24) is 20.4 Å². The van der Waals surface area contributed by atoms with Crippen LogP contribution in [0.3, 0.4) is 0 Å². The summed E-state index contributed by atoms with van der Waals surface area (Å²) in [6, 6.07) is 5.28. The molecule has 174 valence electrons. The van der Waals surface area contributed by atoms with E-state index in [1.54, 1.807) is 20.8 Å². The first-order valence-electron chi connectivity index (χ1n) is 9.81. The molecule has 0 saturated carbocycles. The van der Waals surface area contributed by atoms with E-state index in [-0.39, 0.29) is 30.1 Å². The summed E-state index contributed by atoms with van der Waals surface area (Å²) in [6.07, 6.45) is -5.22. The van der Waals surface area contributed by atoms with Crippen LogP contribution in [0.5, 0.6) is 0 Å². The number of ether oxygens (including phenoxy) is 2. The summed E-state index contributed by atoms with van der Waals surface area (Å²) in [4.78, 5) is 29.7. The fourth-order valence-electron chi connectivity index (χ4n) is 2.92. The Balaban J connectivity index is 1.60. The van der Waals surface area contributed by atoms with Crippen molar-refractivity contribution in [2.45, 2.75) is 38.6 Å². The number of nitrogens with one attached hydrogen (secondary N) is 1.